The number of fused-ring (bicyclic) bond motifs is 1. The molecule has 0 unspecified atom stereocenters. The summed E-state index contributed by atoms with van der Waals surface area (Å²) in [5, 5.41) is 1.20. The highest BCUT2D eigenvalue weighted by Crippen LogP contribution is 2.27. The van der Waals surface area contributed by atoms with Gasteiger partial charge in [0.1, 0.15) is 5.78 Å². The van der Waals surface area contributed by atoms with Crippen molar-refractivity contribution in [2.24, 2.45) is 5.92 Å². The minimum Gasteiger partial charge on any atom is -0.361 e. The number of hydrogen-bond acceptors (Lipinski definition) is 1. The van der Waals surface area contributed by atoms with Gasteiger partial charge in [-0.2, -0.15) is 0 Å². The first-order chi connectivity index (χ1) is 8.84. The quantitative estimate of drug-likeness (QED) is 0.869. The number of hydrogen-bond donors (Lipinski definition) is 1. The molecule has 0 radical (unpaired) electrons. The molecule has 0 saturated heterocycles. The fraction of sp³-hybridized carbons (Fsp3) is 0.438. The number of H-pyrrole nitrogens is 1. The van der Waals surface area contributed by atoms with Gasteiger partial charge in [0, 0.05) is 29.4 Å². The van der Waals surface area contributed by atoms with E-state index < -0.39 is 0 Å². The van der Waals surface area contributed by atoms with Crippen LogP contribution in [0.15, 0.2) is 30.5 Å². The molecule has 0 aliphatic heterocycles. The maximum Gasteiger partial charge on any atom is 0.140 e. The van der Waals surface area contributed by atoms with Crippen molar-refractivity contribution in [3.63, 3.8) is 0 Å². The molecule has 0 amide bonds. The first kappa shape index (κ1) is 11.5. The van der Waals surface area contributed by atoms with Crippen molar-refractivity contribution in [1.82, 2.24) is 4.98 Å². The van der Waals surface area contributed by atoms with Crippen molar-refractivity contribution in [3.8, 4) is 0 Å². The molecule has 18 heavy (non-hydrogen) atoms. The van der Waals surface area contributed by atoms with Gasteiger partial charge in [-0.1, -0.05) is 37.5 Å². The zero-order valence-electron chi connectivity index (χ0n) is 10.6. The number of Topliss-reactive ketones (excluding diaryl/α,β-unsaturated/α-hetero) is 1. The van der Waals surface area contributed by atoms with Crippen LogP contribution in [0.25, 0.3) is 10.9 Å². The van der Waals surface area contributed by atoms with E-state index in [1.165, 1.54) is 24.6 Å². The molecule has 1 aliphatic carbocycles. The first-order valence-corrected chi connectivity index (χ1v) is 6.92. The Morgan fingerprint density at radius 3 is 2.78 bits per heavy atom. The third-order valence-corrected chi connectivity index (χ3v) is 4.10. The summed E-state index contributed by atoms with van der Waals surface area (Å²) in [5.74, 6) is 0.742. The Balaban J connectivity index is 1.77. The summed E-state index contributed by atoms with van der Waals surface area (Å²) in [6, 6.07) is 8.20. The molecule has 1 fully saturated rings. The second kappa shape index (κ2) is 4.97. The second-order valence-corrected chi connectivity index (χ2v) is 5.34. The monoisotopic (exact) mass is 241 g/mol. The molecule has 1 N–H and O–H groups in total. The van der Waals surface area contributed by atoms with Gasteiger partial charge in [-0.15, -0.1) is 0 Å². The minimum atomic E-state index is 0.312. The maximum atomic E-state index is 12.3. The third-order valence-electron chi connectivity index (χ3n) is 4.10. The zero-order chi connectivity index (χ0) is 12.4. The van der Waals surface area contributed by atoms with Gasteiger partial charge < -0.3 is 4.98 Å². The van der Waals surface area contributed by atoms with Crippen LogP contribution in [0, 0.1) is 5.92 Å². The lowest BCUT2D eigenvalue weighted by Crippen LogP contribution is -2.19. The topological polar surface area (TPSA) is 32.9 Å². The lowest BCUT2D eigenvalue weighted by molar-refractivity contribution is -0.123. The van der Waals surface area contributed by atoms with Crippen molar-refractivity contribution in [3.05, 3.63) is 36.0 Å². The Kier molecular flexibility index (Phi) is 3.18. The van der Waals surface area contributed by atoms with Crippen LogP contribution in [0.2, 0.25) is 0 Å². The SMILES string of the molecule is O=C(Cc1c[nH]c2ccccc12)C1CCCCC1. The molecule has 3 rings (SSSR count). The molecular formula is C16H19NO. The summed E-state index contributed by atoms with van der Waals surface area (Å²) in [7, 11) is 0. The molecule has 2 heteroatoms. The van der Waals surface area contributed by atoms with Crippen molar-refractivity contribution in [2.75, 3.05) is 0 Å². The number of carbonyl (C=O) groups excluding carboxylic acids is 1. The summed E-state index contributed by atoms with van der Waals surface area (Å²) in [5.41, 5.74) is 2.28. The van der Waals surface area contributed by atoms with Gasteiger partial charge >= 0.3 is 0 Å². The van der Waals surface area contributed by atoms with E-state index >= 15 is 0 Å². The van der Waals surface area contributed by atoms with E-state index in [0.29, 0.717) is 18.1 Å². The van der Waals surface area contributed by atoms with Crippen LogP contribution in [-0.4, -0.2) is 10.8 Å². The summed E-state index contributed by atoms with van der Waals surface area (Å²) in [6.45, 7) is 0. The number of aromatic nitrogens is 1. The summed E-state index contributed by atoms with van der Waals surface area (Å²) in [6.07, 6.45) is 8.54. The normalized spacial score (nSPS) is 17.1. The number of nitrogens with one attached hydrogen (secondary N) is 1. The van der Waals surface area contributed by atoms with Crippen molar-refractivity contribution in [1.29, 1.82) is 0 Å². The number of rotatable bonds is 3. The molecule has 1 heterocycles. The van der Waals surface area contributed by atoms with Gasteiger partial charge in [-0.3, -0.25) is 4.79 Å². The van der Waals surface area contributed by atoms with E-state index in [1.54, 1.807) is 0 Å². The van der Waals surface area contributed by atoms with Gasteiger partial charge in [0.15, 0.2) is 0 Å². The highest BCUT2D eigenvalue weighted by molar-refractivity contribution is 5.90. The number of ketones is 1. The van der Waals surface area contributed by atoms with E-state index in [0.717, 1.165) is 23.9 Å². The van der Waals surface area contributed by atoms with Crippen LogP contribution in [0.3, 0.4) is 0 Å². The lowest BCUT2D eigenvalue weighted by Gasteiger charge is -2.20. The van der Waals surface area contributed by atoms with Crippen LogP contribution >= 0.6 is 0 Å². The average molecular weight is 241 g/mol. The molecule has 0 bridgehead atoms. The maximum absolute atomic E-state index is 12.3. The van der Waals surface area contributed by atoms with Crippen LogP contribution in [0.1, 0.15) is 37.7 Å². The molecule has 1 aliphatic rings. The Morgan fingerprint density at radius 1 is 1.17 bits per heavy atom. The Labute approximate surface area is 107 Å². The highest BCUT2D eigenvalue weighted by atomic mass is 16.1. The number of aromatic amines is 1. The van der Waals surface area contributed by atoms with E-state index in [1.807, 2.05) is 18.3 Å². The molecule has 1 saturated carbocycles. The molecule has 94 valence electrons. The van der Waals surface area contributed by atoms with Crippen molar-refractivity contribution >= 4 is 16.7 Å². The first-order valence-electron chi connectivity index (χ1n) is 6.92. The molecule has 2 aromatic rings. The molecular weight excluding hydrogens is 222 g/mol. The molecule has 2 nitrogen and oxygen atoms in total. The molecule has 0 atom stereocenters. The van der Waals surface area contributed by atoms with Crippen molar-refractivity contribution in [2.45, 2.75) is 38.5 Å². The number of para-hydroxylation sites is 1. The van der Waals surface area contributed by atoms with E-state index in [9.17, 15) is 4.79 Å². The van der Waals surface area contributed by atoms with Gasteiger partial charge in [-0.25, -0.2) is 0 Å². The largest absolute Gasteiger partial charge is 0.361 e. The Hall–Kier alpha value is -1.57. The fourth-order valence-electron chi connectivity index (χ4n) is 3.03. The predicted octanol–water partition coefficient (Wildman–Crippen LogP) is 3.86. The molecule has 1 aromatic heterocycles. The standard InChI is InChI=1S/C16H19NO/c18-16(12-6-2-1-3-7-12)10-13-11-17-15-9-5-4-8-14(13)15/h4-5,8-9,11-12,17H,1-3,6-7,10H2. The summed E-state index contributed by atoms with van der Waals surface area (Å²) < 4.78 is 0. The minimum absolute atomic E-state index is 0.312. The fourth-order valence-corrected chi connectivity index (χ4v) is 3.03. The summed E-state index contributed by atoms with van der Waals surface area (Å²) >= 11 is 0. The van der Waals surface area contributed by atoms with E-state index in [4.69, 9.17) is 0 Å². The molecule has 1 aromatic carbocycles. The smallest absolute Gasteiger partial charge is 0.140 e. The second-order valence-electron chi connectivity index (χ2n) is 5.34. The van der Waals surface area contributed by atoms with Crippen molar-refractivity contribution < 1.29 is 4.79 Å². The van der Waals surface area contributed by atoms with Crippen LogP contribution < -0.4 is 0 Å². The van der Waals surface area contributed by atoms with Crippen LogP contribution in [-0.2, 0) is 11.2 Å². The van der Waals surface area contributed by atoms with Gasteiger partial charge in [-0.05, 0) is 24.5 Å². The van der Waals surface area contributed by atoms with E-state index in [-0.39, 0.29) is 0 Å². The Bertz CT molecular complexity index is 549. The van der Waals surface area contributed by atoms with E-state index in [2.05, 4.69) is 17.1 Å². The lowest BCUT2D eigenvalue weighted by atomic mass is 9.84. The Morgan fingerprint density at radius 2 is 1.94 bits per heavy atom. The van der Waals surface area contributed by atoms with Crippen LogP contribution in [0.4, 0.5) is 0 Å². The number of benzene rings is 1. The highest BCUT2D eigenvalue weighted by Gasteiger charge is 2.21. The molecule has 0 spiro atoms. The zero-order valence-corrected chi connectivity index (χ0v) is 10.6. The van der Waals surface area contributed by atoms with Gasteiger partial charge in [0.2, 0.25) is 0 Å². The van der Waals surface area contributed by atoms with Gasteiger partial charge in [0.25, 0.3) is 0 Å². The average Bonchev–Trinajstić information content (AvgIpc) is 2.83. The van der Waals surface area contributed by atoms with Gasteiger partial charge in [0.05, 0.1) is 0 Å². The number of carbonyl (C=O) groups is 1. The third kappa shape index (κ3) is 2.20. The van der Waals surface area contributed by atoms with Crippen LogP contribution in [0.5, 0.6) is 0 Å². The summed E-state index contributed by atoms with van der Waals surface area (Å²) in [4.78, 5) is 15.5. The predicted molar refractivity (Wildman–Crippen MR) is 73.6 cm³/mol.